The summed E-state index contributed by atoms with van der Waals surface area (Å²) in [5, 5.41) is 20.9. The van der Waals surface area contributed by atoms with E-state index in [1.807, 2.05) is 0 Å². The summed E-state index contributed by atoms with van der Waals surface area (Å²) < 4.78 is 0. The molecule has 5 N–H and O–H groups in total. The Morgan fingerprint density at radius 3 is 1.63 bits per heavy atom. The van der Waals surface area contributed by atoms with Crippen LogP contribution in [-0.4, -0.2) is 17.1 Å². The van der Waals surface area contributed by atoms with Gasteiger partial charge in [0, 0.05) is 6.42 Å². The van der Waals surface area contributed by atoms with Crippen molar-refractivity contribution >= 4 is 12.0 Å². The van der Waals surface area contributed by atoms with E-state index < -0.39 is 6.16 Å². The fourth-order valence-corrected chi connectivity index (χ4v) is 2.75. The second-order valence-electron chi connectivity index (χ2n) is 5.09. The molecule has 0 bridgehead atoms. The van der Waals surface area contributed by atoms with Gasteiger partial charge in [0.05, 0.1) is 0 Å². The van der Waals surface area contributed by atoms with Crippen molar-refractivity contribution in [2.75, 3.05) is 0 Å². The molecule has 0 fully saturated rings. The molecule has 0 spiro atoms. The molecule has 19 heavy (non-hydrogen) atoms. The minimum atomic E-state index is -2.08. The molecule has 0 aromatic carbocycles. The minimum absolute atomic E-state index is 0.502. The highest BCUT2D eigenvalue weighted by Crippen LogP contribution is 2.39. The summed E-state index contributed by atoms with van der Waals surface area (Å²) in [6, 6.07) is 0. The van der Waals surface area contributed by atoms with Crippen LogP contribution < -0.4 is 16.2 Å². The molecule has 5 nitrogen and oxygen atoms in total. The van der Waals surface area contributed by atoms with Crippen molar-refractivity contribution in [3.63, 3.8) is 0 Å². The Hall–Kier alpha value is -1.26. The van der Waals surface area contributed by atoms with E-state index in [4.69, 9.17) is 26.2 Å². The van der Waals surface area contributed by atoms with E-state index in [0.717, 1.165) is 6.42 Å². The molecule has 0 aliphatic rings. The lowest BCUT2D eigenvalue weighted by Crippen LogP contribution is -2.46. The van der Waals surface area contributed by atoms with Gasteiger partial charge in [-0.3, -0.25) is 11.1 Å². The Morgan fingerprint density at radius 1 is 1.11 bits per heavy atom. The molecule has 0 aromatic rings. The Kier molecular flexibility index (Phi) is 12.5. The summed E-state index contributed by atoms with van der Waals surface area (Å²) in [5.41, 5.74) is 6.08. The third-order valence-electron chi connectivity index (χ3n) is 3.28. The van der Waals surface area contributed by atoms with Crippen LogP contribution in [0.1, 0.15) is 72.1 Å². The lowest BCUT2D eigenvalue weighted by molar-refractivity contribution is -0.275. The first kappa shape index (κ1) is 20.1. The van der Waals surface area contributed by atoms with Gasteiger partial charge >= 0.3 is 0 Å². The molecule has 0 aliphatic heterocycles. The Morgan fingerprint density at radius 2 is 1.42 bits per heavy atom. The molecule has 0 saturated heterocycles. The summed E-state index contributed by atoms with van der Waals surface area (Å²) in [5.74, 6) is 0.600. The Bertz CT molecular complexity index is 234. The van der Waals surface area contributed by atoms with Crippen LogP contribution in [-0.2, 0) is 0 Å². The number of carbonyl (C=O) groups is 1. The number of hydrogen-bond donors (Lipinski definition) is 3. The van der Waals surface area contributed by atoms with E-state index in [2.05, 4.69) is 20.8 Å². The topological polar surface area (TPSA) is 112 Å². The van der Waals surface area contributed by atoms with Gasteiger partial charge in [-0.1, -0.05) is 40.0 Å². The van der Waals surface area contributed by atoms with Gasteiger partial charge in [0.25, 0.3) is 0 Å². The second-order valence-corrected chi connectivity index (χ2v) is 5.09. The summed E-state index contributed by atoms with van der Waals surface area (Å²) in [4.78, 5) is 8.44. The molecule has 0 radical (unpaired) electrons. The van der Waals surface area contributed by atoms with Crippen molar-refractivity contribution in [1.29, 1.82) is 0 Å². The van der Waals surface area contributed by atoms with Crippen molar-refractivity contribution in [1.82, 2.24) is 0 Å². The van der Waals surface area contributed by atoms with E-state index in [1.54, 1.807) is 0 Å². The first-order valence-electron chi connectivity index (χ1n) is 7.10. The fraction of sp³-hybridized carbons (Fsp3) is 0.857. The number of hydrogen-bond acceptors (Lipinski definition) is 2. The highest BCUT2D eigenvalue weighted by molar-refractivity contribution is 5.73. The van der Waals surface area contributed by atoms with Crippen LogP contribution >= 0.6 is 0 Å². The SMILES string of the molecule is CCCC(CCC)(CCC)CCC(N)=[NH2+].O=C([O-])O. The molecule has 0 amide bonds. The third kappa shape index (κ3) is 13.0. The smallest absolute Gasteiger partial charge is 0.249 e. The maximum atomic E-state index is 8.44. The van der Waals surface area contributed by atoms with Crippen LogP contribution in [0.4, 0.5) is 4.79 Å². The zero-order chi connectivity index (χ0) is 15.3. The van der Waals surface area contributed by atoms with Crippen LogP contribution in [0.15, 0.2) is 0 Å². The second kappa shape index (κ2) is 11.8. The lowest BCUT2D eigenvalue weighted by atomic mass is 9.72. The molecule has 0 aromatic heterocycles. The molecule has 0 rings (SSSR count). The average molecular weight is 274 g/mol. The number of nitrogens with two attached hydrogens (primary N) is 2. The zero-order valence-electron chi connectivity index (χ0n) is 12.6. The molecule has 0 aliphatic carbocycles. The maximum Gasteiger partial charge on any atom is 0.249 e. The minimum Gasteiger partial charge on any atom is -0.565 e. The van der Waals surface area contributed by atoms with Gasteiger partial charge in [0.2, 0.25) is 12.0 Å². The van der Waals surface area contributed by atoms with Crippen molar-refractivity contribution < 1.29 is 20.4 Å². The number of rotatable bonds is 9. The third-order valence-corrected chi connectivity index (χ3v) is 3.28. The van der Waals surface area contributed by atoms with Crippen LogP contribution in [0.5, 0.6) is 0 Å². The zero-order valence-corrected chi connectivity index (χ0v) is 12.6. The average Bonchev–Trinajstić information content (AvgIpc) is 2.27. The van der Waals surface area contributed by atoms with E-state index in [-0.39, 0.29) is 0 Å². The van der Waals surface area contributed by atoms with E-state index in [9.17, 15) is 0 Å². The van der Waals surface area contributed by atoms with Crippen LogP contribution in [0.3, 0.4) is 0 Å². The predicted octanol–water partition coefficient (Wildman–Crippen LogP) is 1.16. The summed E-state index contributed by atoms with van der Waals surface area (Å²) in [6.07, 6.45) is 7.75. The first-order valence-corrected chi connectivity index (χ1v) is 7.10. The molecular formula is C14H30N2O3. The molecular weight excluding hydrogens is 244 g/mol. The molecule has 0 heterocycles. The van der Waals surface area contributed by atoms with Crippen molar-refractivity contribution in [2.45, 2.75) is 72.1 Å². The van der Waals surface area contributed by atoms with Gasteiger partial charge in [0.1, 0.15) is 0 Å². The number of amidine groups is 1. The van der Waals surface area contributed by atoms with Crippen molar-refractivity contribution in [3.05, 3.63) is 0 Å². The van der Waals surface area contributed by atoms with Gasteiger partial charge in [-0.2, -0.15) is 0 Å². The van der Waals surface area contributed by atoms with E-state index in [1.165, 1.54) is 44.9 Å². The monoisotopic (exact) mass is 274 g/mol. The van der Waals surface area contributed by atoms with Gasteiger partial charge in [-0.05, 0) is 31.1 Å². The van der Waals surface area contributed by atoms with Gasteiger partial charge < -0.3 is 15.0 Å². The van der Waals surface area contributed by atoms with E-state index in [0.29, 0.717) is 11.3 Å². The van der Waals surface area contributed by atoms with Gasteiger partial charge in [-0.25, -0.2) is 0 Å². The molecule has 0 saturated carbocycles. The fourth-order valence-electron chi connectivity index (χ4n) is 2.75. The van der Waals surface area contributed by atoms with Crippen molar-refractivity contribution in [3.8, 4) is 0 Å². The van der Waals surface area contributed by atoms with Gasteiger partial charge in [-0.15, -0.1) is 0 Å². The standard InChI is InChI=1S/C13H28N2.CH2O3/c1-4-8-13(9-5-2,10-6-3)11-7-12(14)15;2-1(3)4/h4-11H2,1-3H3,(H3,14,15);(H2,2,3,4). The Labute approximate surface area is 116 Å². The van der Waals surface area contributed by atoms with Crippen LogP contribution in [0.25, 0.3) is 0 Å². The summed E-state index contributed by atoms with van der Waals surface area (Å²) in [7, 11) is 0. The number of carboxylic acid groups (broad SMARTS) is 2. The largest absolute Gasteiger partial charge is 0.565 e. The van der Waals surface area contributed by atoms with Crippen LogP contribution in [0.2, 0.25) is 0 Å². The molecule has 0 unspecified atom stereocenters. The molecule has 114 valence electrons. The van der Waals surface area contributed by atoms with E-state index >= 15 is 0 Å². The Balaban J connectivity index is 0. The lowest BCUT2D eigenvalue weighted by Gasteiger charge is -2.33. The summed E-state index contributed by atoms with van der Waals surface area (Å²) in [6.45, 7) is 6.82. The first-order chi connectivity index (χ1) is 8.83. The summed E-state index contributed by atoms with van der Waals surface area (Å²) >= 11 is 0. The highest BCUT2D eigenvalue weighted by Gasteiger charge is 2.27. The van der Waals surface area contributed by atoms with Crippen LogP contribution in [0, 0.1) is 5.41 Å². The molecule has 0 atom stereocenters. The predicted molar refractivity (Wildman–Crippen MR) is 75.5 cm³/mol. The highest BCUT2D eigenvalue weighted by atomic mass is 16.6. The quantitative estimate of drug-likeness (QED) is 0.432. The van der Waals surface area contributed by atoms with Gasteiger partial charge in [0.15, 0.2) is 0 Å². The van der Waals surface area contributed by atoms with Crippen molar-refractivity contribution in [2.24, 2.45) is 11.1 Å². The molecule has 5 heteroatoms. The normalized spacial score (nSPS) is 10.5. The maximum absolute atomic E-state index is 8.44.